The summed E-state index contributed by atoms with van der Waals surface area (Å²) in [5, 5.41) is 5.08. The maximum absolute atomic E-state index is 12.7. The van der Waals surface area contributed by atoms with Crippen LogP contribution in [0.2, 0.25) is 0 Å². The Labute approximate surface area is 141 Å². The molecule has 0 spiro atoms. The molecule has 8 heteroatoms. The molecule has 0 radical (unpaired) electrons. The Morgan fingerprint density at radius 2 is 2.04 bits per heavy atom. The number of hydrogen-bond donors (Lipinski definition) is 1. The molecule has 1 saturated heterocycles. The first-order valence-electron chi connectivity index (χ1n) is 8.28. The van der Waals surface area contributed by atoms with E-state index < -0.39 is 10.0 Å². The van der Waals surface area contributed by atoms with Gasteiger partial charge in [0.2, 0.25) is 10.0 Å². The van der Waals surface area contributed by atoms with Gasteiger partial charge in [-0.25, -0.2) is 13.6 Å². The van der Waals surface area contributed by atoms with Gasteiger partial charge in [0.1, 0.15) is 5.56 Å². The number of aryl methyl sites for hydroxylation is 1. The lowest BCUT2D eigenvalue weighted by Crippen LogP contribution is -2.37. The van der Waals surface area contributed by atoms with Crippen molar-refractivity contribution >= 4 is 15.9 Å². The van der Waals surface area contributed by atoms with Crippen molar-refractivity contribution in [3.8, 4) is 0 Å². The Kier molecular flexibility index (Phi) is 4.52. The molecule has 0 saturated carbocycles. The number of nitrogens with two attached hydrogens (primary N) is 1. The van der Waals surface area contributed by atoms with Crippen LogP contribution < -0.4 is 10.7 Å². The summed E-state index contributed by atoms with van der Waals surface area (Å²) in [6.45, 7) is 0.786. The van der Waals surface area contributed by atoms with Crippen LogP contribution in [-0.4, -0.2) is 42.6 Å². The first-order chi connectivity index (χ1) is 11.3. The summed E-state index contributed by atoms with van der Waals surface area (Å²) in [4.78, 5) is 26.9. The zero-order valence-electron chi connectivity index (χ0n) is 13.8. The number of pyridine rings is 1. The predicted octanol–water partition coefficient (Wildman–Crippen LogP) is 0.0147. The minimum Gasteiger partial charge on any atom is -0.338 e. The normalized spacial score (nSPS) is 20.9. The fourth-order valence-corrected chi connectivity index (χ4v) is 4.72. The van der Waals surface area contributed by atoms with Gasteiger partial charge in [0.15, 0.2) is 0 Å². The van der Waals surface area contributed by atoms with Gasteiger partial charge in [-0.3, -0.25) is 9.59 Å². The molecule has 1 atom stereocenters. The molecule has 2 heterocycles. The number of fused-ring (bicyclic) bond motifs is 1. The van der Waals surface area contributed by atoms with Crippen molar-refractivity contribution in [1.29, 1.82) is 0 Å². The largest absolute Gasteiger partial charge is 0.338 e. The second kappa shape index (κ2) is 6.33. The third-order valence-corrected chi connectivity index (χ3v) is 5.95. The van der Waals surface area contributed by atoms with E-state index in [1.165, 1.54) is 0 Å². The third-order valence-electron chi connectivity index (χ3n) is 5.01. The first kappa shape index (κ1) is 17.2. The number of carbonyl (C=O) groups excluding carboxylic acids is 1. The smallest absolute Gasteiger partial charge is 0.263 e. The molecule has 1 aromatic rings. The van der Waals surface area contributed by atoms with Crippen LogP contribution >= 0.6 is 0 Å². The summed E-state index contributed by atoms with van der Waals surface area (Å²) >= 11 is 0. The number of nitrogens with zero attached hydrogens (tertiary/aromatic N) is 2. The van der Waals surface area contributed by atoms with E-state index in [9.17, 15) is 18.0 Å². The minimum atomic E-state index is -3.55. The topological polar surface area (TPSA) is 102 Å². The lowest BCUT2D eigenvalue weighted by atomic mass is 9.94. The molecule has 24 heavy (non-hydrogen) atoms. The molecule has 0 bridgehead atoms. The summed E-state index contributed by atoms with van der Waals surface area (Å²) in [7, 11) is -1.83. The lowest BCUT2D eigenvalue weighted by Gasteiger charge is -2.22. The van der Waals surface area contributed by atoms with Gasteiger partial charge in [0, 0.05) is 25.8 Å². The summed E-state index contributed by atoms with van der Waals surface area (Å²) < 4.78 is 24.0. The summed E-state index contributed by atoms with van der Waals surface area (Å²) in [6, 6.07) is 1.74. The summed E-state index contributed by atoms with van der Waals surface area (Å²) in [5.74, 6) is -0.592. The number of sulfonamides is 1. The number of primary sulfonamides is 1. The maximum atomic E-state index is 12.7. The van der Waals surface area contributed by atoms with Crippen LogP contribution in [0.3, 0.4) is 0 Å². The number of hydrogen-bond acceptors (Lipinski definition) is 4. The average molecular weight is 353 g/mol. The number of aromatic nitrogens is 1. The Morgan fingerprint density at radius 1 is 1.33 bits per heavy atom. The predicted molar refractivity (Wildman–Crippen MR) is 90.3 cm³/mol. The molecule has 2 aliphatic rings. The second-order valence-corrected chi connectivity index (χ2v) is 8.50. The molecule has 1 aromatic heterocycles. The molecule has 1 aliphatic carbocycles. The first-order valence-corrected chi connectivity index (χ1v) is 9.99. The molecule has 1 amide bonds. The summed E-state index contributed by atoms with van der Waals surface area (Å²) in [5.41, 5.74) is 2.02. The summed E-state index contributed by atoms with van der Waals surface area (Å²) in [6.07, 6.45) is 4.48. The van der Waals surface area contributed by atoms with Crippen LogP contribution in [0.25, 0.3) is 0 Å². The lowest BCUT2D eigenvalue weighted by molar-refractivity contribution is 0.0785. The van der Waals surface area contributed by atoms with E-state index in [2.05, 4.69) is 0 Å². The van der Waals surface area contributed by atoms with Crippen LogP contribution in [0, 0.1) is 5.92 Å². The Morgan fingerprint density at radius 3 is 2.75 bits per heavy atom. The highest BCUT2D eigenvalue weighted by Gasteiger charge is 2.31. The minimum absolute atomic E-state index is 0.126. The molecule has 2 N–H and O–H groups in total. The quantitative estimate of drug-likeness (QED) is 0.827. The van der Waals surface area contributed by atoms with E-state index in [0.29, 0.717) is 19.5 Å². The van der Waals surface area contributed by atoms with Crippen LogP contribution in [0.15, 0.2) is 10.9 Å². The van der Waals surface area contributed by atoms with E-state index in [1.807, 2.05) is 0 Å². The molecule has 1 aliphatic heterocycles. The number of amides is 1. The van der Waals surface area contributed by atoms with Gasteiger partial charge < -0.3 is 9.47 Å². The van der Waals surface area contributed by atoms with Crippen molar-refractivity contribution in [2.24, 2.45) is 18.1 Å². The van der Waals surface area contributed by atoms with Crippen LogP contribution in [0.1, 0.15) is 40.9 Å². The fraction of sp³-hybridized carbons (Fsp3) is 0.625. The van der Waals surface area contributed by atoms with Crippen LogP contribution in [0.5, 0.6) is 0 Å². The van der Waals surface area contributed by atoms with E-state index in [-0.39, 0.29) is 28.7 Å². The Balaban J connectivity index is 1.84. The van der Waals surface area contributed by atoms with Crippen molar-refractivity contribution in [3.63, 3.8) is 0 Å². The van der Waals surface area contributed by atoms with E-state index in [4.69, 9.17) is 5.14 Å². The molecule has 3 rings (SSSR count). The van der Waals surface area contributed by atoms with E-state index >= 15 is 0 Å². The Hall–Kier alpha value is -1.67. The molecular formula is C16H23N3O4S. The molecule has 0 unspecified atom stereocenters. The standard InChI is InChI=1S/C16H23N3O4S/c1-18-14-5-3-2-4-12(14)8-13(15(18)20)16(21)19-7-6-11(9-19)10-24(17,22)23/h8,11H,2-7,9-10H2,1H3,(H2,17,22,23)/t11-/m0/s1. The van der Waals surface area contributed by atoms with Gasteiger partial charge in [-0.1, -0.05) is 0 Å². The van der Waals surface area contributed by atoms with Gasteiger partial charge >= 0.3 is 0 Å². The maximum Gasteiger partial charge on any atom is 0.263 e. The Bertz CT molecular complexity index is 828. The SMILES string of the molecule is Cn1c2c(cc(C(=O)N3CC[C@H](CS(N)(=O)=O)C3)c1=O)CCCC2. The van der Waals surface area contributed by atoms with E-state index in [0.717, 1.165) is 36.9 Å². The van der Waals surface area contributed by atoms with Crippen molar-refractivity contribution < 1.29 is 13.2 Å². The third kappa shape index (κ3) is 3.39. The zero-order valence-corrected chi connectivity index (χ0v) is 14.6. The van der Waals surface area contributed by atoms with Crippen molar-refractivity contribution in [2.45, 2.75) is 32.1 Å². The number of rotatable bonds is 3. The monoisotopic (exact) mass is 353 g/mol. The molecule has 132 valence electrons. The second-order valence-electron chi connectivity index (χ2n) is 6.84. The van der Waals surface area contributed by atoms with Crippen LogP contribution in [0.4, 0.5) is 0 Å². The highest BCUT2D eigenvalue weighted by atomic mass is 32.2. The van der Waals surface area contributed by atoms with Gasteiger partial charge in [-0.15, -0.1) is 0 Å². The van der Waals surface area contributed by atoms with Crippen molar-refractivity contribution in [3.05, 3.63) is 33.2 Å². The molecule has 0 aromatic carbocycles. The average Bonchev–Trinajstić information content (AvgIpc) is 2.96. The number of carbonyl (C=O) groups is 1. The van der Waals surface area contributed by atoms with Crippen molar-refractivity contribution in [2.75, 3.05) is 18.8 Å². The van der Waals surface area contributed by atoms with Crippen LogP contribution in [-0.2, 0) is 29.9 Å². The van der Waals surface area contributed by atoms with Crippen molar-refractivity contribution in [1.82, 2.24) is 9.47 Å². The molecular weight excluding hydrogens is 330 g/mol. The van der Waals surface area contributed by atoms with Gasteiger partial charge in [-0.05, 0) is 49.7 Å². The molecule has 1 fully saturated rings. The molecule has 7 nitrogen and oxygen atoms in total. The fourth-order valence-electron chi connectivity index (χ4n) is 3.80. The van der Waals surface area contributed by atoms with E-state index in [1.54, 1.807) is 22.6 Å². The highest BCUT2D eigenvalue weighted by molar-refractivity contribution is 7.89. The van der Waals surface area contributed by atoms with Gasteiger partial charge in [-0.2, -0.15) is 0 Å². The zero-order chi connectivity index (χ0) is 17.5. The highest BCUT2D eigenvalue weighted by Crippen LogP contribution is 2.23. The van der Waals surface area contributed by atoms with Gasteiger partial charge in [0.25, 0.3) is 11.5 Å². The van der Waals surface area contributed by atoms with Gasteiger partial charge in [0.05, 0.1) is 5.75 Å². The number of likely N-dealkylation sites (tertiary alicyclic amines) is 1.